The van der Waals surface area contributed by atoms with Crippen molar-refractivity contribution in [2.75, 3.05) is 13.1 Å². The van der Waals surface area contributed by atoms with Crippen molar-refractivity contribution in [1.82, 2.24) is 10.2 Å². The minimum Gasteiger partial charge on any atom is -0.484 e. The zero-order chi connectivity index (χ0) is 25.9. The molecule has 36 heavy (non-hydrogen) atoms. The first-order valence-corrected chi connectivity index (χ1v) is 13.3. The van der Waals surface area contributed by atoms with Gasteiger partial charge in [-0.05, 0) is 79.3 Å². The van der Waals surface area contributed by atoms with E-state index in [2.05, 4.69) is 50.4 Å². The predicted molar refractivity (Wildman–Crippen MR) is 143 cm³/mol. The average Bonchev–Trinajstić information content (AvgIpc) is 3.68. The highest BCUT2D eigenvalue weighted by molar-refractivity contribution is 5.94. The van der Waals surface area contributed by atoms with Crippen molar-refractivity contribution in [1.29, 1.82) is 0 Å². The van der Waals surface area contributed by atoms with E-state index in [1.807, 2.05) is 24.0 Å². The van der Waals surface area contributed by atoms with Crippen molar-refractivity contribution in [3.05, 3.63) is 65.2 Å². The first-order valence-electron chi connectivity index (χ1n) is 13.3. The second kappa shape index (κ2) is 11.0. The van der Waals surface area contributed by atoms with Crippen LogP contribution in [0.1, 0.15) is 93.3 Å². The molecule has 4 rings (SSSR count). The van der Waals surface area contributed by atoms with E-state index < -0.39 is 0 Å². The van der Waals surface area contributed by atoms with Gasteiger partial charge >= 0.3 is 0 Å². The Hall–Kier alpha value is -2.86. The molecule has 2 amide bonds. The summed E-state index contributed by atoms with van der Waals surface area (Å²) >= 11 is 0. The second-order valence-corrected chi connectivity index (χ2v) is 11.8. The van der Waals surface area contributed by atoms with Gasteiger partial charge in [0.2, 0.25) is 5.91 Å². The maximum absolute atomic E-state index is 12.9. The van der Waals surface area contributed by atoms with E-state index in [1.54, 1.807) is 12.1 Å². The first kappa shape index (κ1) is 26.2. The quantitative estimate of drug-likeness (QED) is 0.532. The van der Waals surface area contributed by atoms with Gasteiger partial charge in [0.25, 0.3) is 5.91 Å². The molecule has 1 heterocycles. The lowest BCUT2D eigenvalue weighted by atomic mass is 9.91. The van der Waals surface area contributed by atoms with Crippen molar-refractivity contribution in [3.8, 4) is 5.75 Å². The monoisotopic (exact) mass is 491 g/mol. The van der Waals surface area contributed by atoms with Gasteiger partial charge in [0.15, 0.2) is 0 Å². The number of carbonyl (C=O) groups is 2. The van der Waals surface area contributed by atoms with Gasteiger partial charge in [-0.2, -0.15) is 0 Å². The molecule has 0 radical (unpaired) electrons. The first-order chi connectivity index (χ1) is 17.1. The molecule has 1 saturated heterocycles. The fourth-order valence-electron chi connectivity index (χ4n) is 4.84. The number of likely N-dealkylation sites (tertiary alicyclic amines) is 1. The number of nitrogens with two attached hydrogens (primary N) is 1. The number of benzene rings is 2. The molecular weight excluding hydrogens is 450 g/mol. The number of rotatable bonds is 8. The molecule has 0 aromatic heterocycles. The van der Waals surface area contributed by atoms with E-state index in [1.165, 1.54) is 18.4 Å². The van der Waals surface area contributed by atoms with E-state index in [9.17, 15) is 9.59 Å². The molecule has 2 fully saturated rings. The number of carbonyl (C=O) groups excluding carboxylic acids is 2. The van der Waals surface area contributed by atoms with E-state index >= 15 is 0 Å². The maximum atomic E-state index is 12.9. The zero-order valence-electron chi connectivity index (χ0n) is 22.1. The van der Waals surface area contributed by atoms with Gasteiger partial charge < -0.3 is 20.7 Å². The lowest BCUT2D eigenvalue weighted by molar-refractivity contribution is -0.134. The smallest absolute Gasteiger partial charge is 0.251 e. The number of nitrogens with one attached hydrogen (secondary N) is 1. The lowest BCUT2D eigenvalue weighted by Crippen LogP contribution is -2.50. The number of hydrogen-bond donors (Lipinski definition) is 2. The van der Waals surface area contributed by atoms with Crippen molar-refractivity contribution < 1.29 is 14.3 Å². The van der Waals surface area contributed by atoms with Gasteiger partial charge in [-0.25, -0.2) is 0 Å². The van der Waals surface area contributed by atoms with E-state index in [-0.39, 0.29) is 35.4 Å². The molecule has 3 atom stereocenters. The van der Waals surface area contributed by atoms with Crippen molar-refractivity contribution in [2.24, 2.45) is 11.1 Å². The molecule has 2 unspecified atom stereocenters. The highest BCUT2D eigenvalue weighted by Crippen LogP contribution is 2.40. The molecule has 3 N–H and O–H groups in total. The molecule has 2 aromatic carbocycles. The highest BCUT2D eigenvalue weighted by atomic mass is 16.5. The zero-order valence-corrected chi connectivity index (χ0v) is 22.1. The van der Waals surface area contributed by atoms with Crippen LogP contribution in [-0.4, -0.2) is 41.9 Å². The predicted octanol–water partition coefficient (Wildman–Crippen LogP) is 5.19. The van der Waals surface area contributed by atoms with Crippen LogP contribution >= 0.6 is 0 Å². The Labute approximate surface area is 215 Å². The number of nitrogens with zero attached hydrogens (tertiary/aromatic N) is 1. The minimum absolute atomic E-state index is 0.0350. The standard InChI is InChI=1S/C30H41N3O3/c1-20(31)28(23-11-9-22(10-12-23)21-7-8-21)36-26-15-13-24(14-16-26)29(35)32-25-6-5-17-33(19-25)27(34)18-30(2,3)4/h9-16,20-21,25,28H,5-8,17-19,31H2,1-4H3,(H,32,35)/t20?,25?,28-/m0/s1. The number of hydrogen-bond acceptors (Lipinski definition) is 4. The van der Waals surface area contributed by atoms with E-state index in [0.29, 0.717) is 30.2 Å². The molecule has 0 spiro atoms. The summed E-state index contributed by atoms with van der Waals surface area (Å²) in [6.07, 6.45) is 4.58. The molecule has 2 aromatic rings. The van der Waals surface area contributed by atoms with Crippen LogP contribution in [0.3, 0.4) is 0 Å². The number of piperidine rings is 1. The number of amides is 2. The maximum Gasteiger partial charge on any atom is 0.251 e. The van der Waals surface area contributed by atoms with E-state index in [4.69, 9.17) is 10.5 Å². The molecule has 1 aliphatic heterocycles. The lowest BCUT2D eigenvalue weighted by Gasteiger charge is -2.34. The molecule has 6 heteroatoms. The summed E-state index contributed by atoms with van der Waals surface area (Å²) in [4.78, 5) is 27.4. The van der Waals surface area contributed by atoms with Gasteiger partial charge in [-0.15, -0.1) is 0 Å². The summed E-state index contributed by atoms with van der Waals surface area (Å²) in [6, 6.07) is 15.6. The van der Waals surface area contributed by atoms with Gasteiger partial charge in [0.05, 0.1) is 0 Å². The summed E-state index contributed by atoms with van der Waals surface area (Å²) in [7, 11) is 0. The van der Waals surface area contributed by atoms with Crippen LogP contribution in [0.25, 0.3) is 0 Å². The Morgan fingerprint density at radius 1 is 1.06 bits per heavy atom. The molecule has 6 nitrogen and oxygen atoms in total. The highest BCUT2D eigenvalue weighted by Gasteiger charge is 2.28. The Kier molecular flexibility index (Phi) is 8.04. The van der Waals surface area contributed by atoms with Gasteiger partial charge in [-0.3, -0.25) is 9.59 Å². The number of ether oxygens (including phenoxy) is 1. The molecule has 1 aliphatic carbocycles. The normalized spacial score (nSPS) is 19.9. The van der Waals surface area contributed by atoms with Gasteiger partial charge in [-0.1, -0.05) is 45.0 Å². The summed E-state index contributed by atoms with van der Waals surface area (Å²) in [5.74, 6) is 1.43. The third-order valence-electron chi connectivity index (χ3n) is 6.96. The molecule has 0 bridgehead atoms. The van der Waals surface area contributed by atoms with Gasteiger partial charge in [0.1, 0.15) is 11.9 Å². The minimum atomic E-state index is -0.267. The fraction of sp³-hybridized carbons (Fsp3) is 0.533. The van der Waals surface area contributed by atoms with Crippen molar-refractivity contribution >= 4 is 11.8 Å². The van der Waals surface area contributed by atoms with Crippen LogP contribution in [-0.2, 0) is 4.79 Å². The second-order valence-electron chi connectivity index (χ2n) is 11.8. The Bertz CT molecular complexity index is 1040. The Morgan fingerprint density at radius 3 is 2.31 bits per heavy atom. The average molecular weight is 492 g/mol. The van der Waals surface area contributed by atoms with Crippen molar-refractivity contribution in [3.63, 3.8) is 0 Å². The molecule has 194 valence electrons. The Balaban J connectivity index is 1.33. The third-order valence-corrected chi connectivity index (χ3v) is 6.96. The van der Waals surface area contributed by atoms with Crippen LogP contribution in [0.4, 0.5) is 0 Å². The van der Waals surface area contributed by atoms with Crippen LogP contribution in [0.5, 0.6) is 5.75 Å². The largest absolute Gasteiger partial charge is 0.484 e. The SMILES string of the molecule is CC(N)[C@H](Oc1ccc(C(=O)NC2CCCN(C(=O)CC(C)(C)C)C2)cc1)c1ccc(C2CC2)cc1. The topological polar surface area (TPSA) is 84.7 Å². The van der Waals surface area contributed by atoms with E-state index in [0.717, 1.165) is 24.9 Å². The van der Waals surface area contributed by atoms with Crippen LogP contribution in [0.2, 0.25) is 0 Å². The summed E-state index contributed by atoms with van der Waals surface area (Å²) < 4.78 is 6.24. The summed E-state index contributed by atoms with van der Waals surface area (Å²) in [6.45, 7) is 9.49. The third kappa shape index (κ3) is 7.10. The molecule has 2 aliphatic rings. The fourth-order valence-corrected chi connectivity index (χ4v) is 4.84. The summed E-state index contributed by atoms with van der Waals surface area (Å²) in [5.41, 5.74) is 9.23. The molecule has 1 saturated carbocycles. The summed E-state index contributed by atoms with van der Waals surface area (Å²) in [5, 5.41) is 3.11. The Morgan fingerprint density at radius 2 is 1.72 bits per heavy atom. The van der Waals surface area contributed by atoms with Crippen molar-refractivity contribution in [2.45, 2.75) is 83.9 Å². The van der Waals surface area contributed by atoms with Crippen LogP contribution in [0.15, 0.2) is 48.5 Å². The van der Waals surface area contributed by atoms with Crippen LogP contribution in [0, 0.1) is 5.41 Å². The van der Waals surface area contributed by atoms with Crippen LogP contribution < -0.4 is 15.8 Å². The molecular formula is C30H41N3O3. The van der Waals surface area contributed by atoms with Gasteiger partial charge in [0, 0.05) is 37.2 Å².